The summed E-state index contributed by atoms with van der Waals surface area (Å²) in [6.45, 7) is 6.21. The van der Waals surface area contributed by atoms with Crippen molar-refractivity contribution >= 4 is 22.8 Å². The summed E-state index contributed by atoms with van der Waals surface area (Å²) in [5, 5.41) is 4.57. The summed E-state index contributed by atoms with van der Waals surface area (Å²) in [5.41, 5.74) is 0.0525. The van der Waals surface area contributed by atoms with Crippen molar-refractivity contribution < 1.29 is 22.5 Å². The lowest BCUT2D eigenvalue weighted by Crippen LogP contribution is -2.49. The third kappa shape index (κ3) is 4.79. The van der Waals surface area contributed by atoms with Crippen molar-refractivity contribution in [2.24, 2.45) is 0 Å². The van der Waals surface area contributed by atoms with E-state index in [1.807, 2.05) is 23.6 Å². The number of carbonyl (C=O) groups excluding carboxylic acids is 1. The van der Waals surface area contributed by atoms with Gasteiger partial charge in [-0.3, -0.25) is 4.79 Å². The SMILES string of the molecule is CCCC(=O)N1CCN(c2nc(CCC)nc3onc(-c4cccc(C(F)(F)F)c4)c23)CC1. The van der Waals surface area contributed by atoms with Crippen LogP contribution >= 0.6 is 0 Å². The molecule has 176 valence electrons. The molecule has 0 aliphatic carbocycles. The number of alkyl halides is 3. The zero-order chi connectivity index (χ0) is 23.6. The van der Waals surface area contributed by atoms with Gasteiger partial charge in [0.1, 0.15) is 22.7 Å². The van der Waals surface area contributed by atoms with Crippen molar-refractivity contribution in [3.05, 3.63) is 35.7 Å². The standard InChI is InChI=1S/C23H26F3N5O2/c1-3-6-17-27-21(31-12-10-30(11-13-31)18(32)7-4-2)19-20(29-33-22(19)28-17)15-8-5-9-16(14-15)23(24,25)26/h5,8-9,14H,3-4,6-7,10-13H2,1-2H3. The number of halogens is 3. The topological polar surface area (TPSA) is 75.4 Å². The van der Waals surface area contributed by atoms with Gasteiger partial charge in [0.15, 0.2) is 0 Å². The Hall–Kier alpha value is -3.17. The number of nitrogens with zero attached hydrogens (tertiary/aromatic N) is 5. The van der Waals surface area contributed by atoms with Crippen molar-refractivity contribution in [1.82, 2.24) is 20.0 Å². The number of carbonyl (C=O) groups is 1. The summed E-state index contributed by atoms with van der Waals surface area (Å²) >= 11 is 0. The summed E-state index contributed by atoms with van der Waals surface area (Å²) in [7, 11) is 0. The first-order valence-electron chi connectivity index (χ1n) is 11.2. The summed E-state index contributed by atoms with van der Waals surface area (Å²) in [4.78, 5) is 25.3. The first-order chi connectivity index (χ1) is 15.8. The molecule has 3 heterocycles. The Morgan fingerprint density at radius 1 is 1.09 bits per heavy atom. The van der Waals surface area contributed by atoms with Crippen LogP contribution in [0.15, 0.2) is 28.8 Å². The number of amides is 1. The number of piperazine rings is 1. The van der Waals surface area contributed by atoms with E-state index in [0.29, 0.717) is 56.0 Å². The Balaban J connectivity index is 1.74. The van der Waals surface area contributed by atoms with Gasteiger partial charge in [-0.15, -0.1) is 0 Å². The van der Waals surface area contributed by atoms with Gasteiger partial charge in [-0.2, -0.15) is 18.2 Å². The molecule has 1 aliphatic heterocycles. The lowest BCUT2D eigenvalue weighted by Gasteiger charge is -2.35. The first kappa shape index (κ1) is 23.0. The minimum Gasteiger partial charge on any atom is -0.352 e. The number of fused-ring (bicyclic) bond motifs is 1. The van der Waals surface area contributed by atoms with Gasteiger partial charge in [0.2, 0.25) is 5.91 Å². The number of rotatable bonds is 6. The normalized spacial score (nSPS) is 14.8. The third-order valence-corrected chi connectivity index (χ3v) is 5.70. The Bertz CT molecular complexity index is 1140. The van der Waals surface area contributed by atoms with E-state index in [1.165, 1.54) is 6.07 Å². The molecule has 10 heteroatoms. The van der Waals surface area contributed by atoms with Gasteiger partial charge in [-0.1, -0.05) is 31.1 Å². The number of hydrogen-bond acceptors (Lipinski definition) is 6. The predicted octanol–water partition coefficient (Wildman–Crippen LogP) is 4.70. The number of anilines is 1. The van der Waals surface area contributed by atoms with Crippen molar-refractivity contribution in [1.29, 1.82) is 0 Å². The van der Waals surface area contributed by atoms with Crippen LogP contribution in [0.3, 0.4) is 0 Å². The van der Waals surface area contributed by atoms with Gasteiger partial charge in [0.05, 0.1) is 5.56 Å². The highest BCUT2D eigenvalue weighted by Gasteiger charge is 2.32. The highest BCUT2D eigenvalue weighted by molar-refractivity contribution is 5.98. The van der Waals surface area contributed by atoms with E-state index >= 15 is 0 Å². The highest BCUT2D eigenvalue weighted by Crippen LogP contribution is 2.37. The fourth-order valence-electron chi connectivity index (χ4n) is 4.02. The van der Waals surface area contributed by atoms with Crippen LogP contribution in [0.4, 0.5) is 19.0 Å². The number of benzene rings is 1. The Morgan fingerprint density at radius 2 is 1.85 bits per heavy atom. The van der Waals surface area contributed by atoms with E-state index < -0.39 is 11.7 Å². The summed E-state index contributed by atoms with van der Waals surface area (Å²) in [5.74, 6) is 1.31. The lowest BCUT2D eigenvalue weighted by molar-refractivity contribution is -0.137. The van der Waals surface area contributed by atoms with E-state index in [0.717, 1.165) is 25.0 Å². The lowest BCUT2D eigenvalue weighted by atomic mass is 10.1. The van der Waals surface area contributed by atoms with E-state index in [2.05, 4.69) is 10.1 Å². The van der Waals surface area contributed by atoms with E-state index in [1.54, 1.807) is 6.07 Å². The molecule has 0 N–H and O–H groups in total. The molecule has 2 aromatic heterocycles. The summed E-state index contributed by atoms with van der Waals surface area (Å²) in [6, 6.07) is 5.00. The molecule has 1 saturated heterocycles. The van der Waals surface area contributed by atoms with Crippen LogP contribution < -0.4 is 4.90 Å². The fraction of sp³-hybridized carbons (Fsp3) is 0.478. The molecule has 3 aromatic rings. The molecule has 4 rings (SSSR count). The highest BCUT2D eigenvalue weighted by atomic mass is 19.4. The number of hydrogen-bond donors (Lipinski definition) is 0. The average Bonchev–Trinajstić information content (AvgIpc) is 3.23. The van der Waals surface area contributed by atoms with Gasteiger partial charge in [-0.05, 0) is 25.0 Å². The smallest absolute Gasteiger partial charge is 0.352 e. The van der Waals surface area contributed by atoms with E-state index in [-0.39, 0.29) is 22.9 Å². The molecule has 0 radical (unpaired) electrons. The number of aryl methyl sites for hydroxylation is 1. The molecule has 0 spiro atoms. The molecule has 1 fully saturated rings. The van der Waals surface area contributed by atoms with Crippen LogP contribution in [0.2, 0.25) is 0 Å². The van der Waals surface area contributed by atoms with Crippen molar-refractivity contribution in [2.45, 2.75) is 45.7 Å². The van der Waals surface area contributed by atoms with Crippen LogP contribution in [0, 0.1) is 0 Å². The molecule has 0 saturated carbocycles. The largest absolute Gasteiger partial charge is 0.416 e. The van der Waals surface area contributed by atoms with Gasteiger partial charge >= 0.3 is 6.18 Å². The minimum absolute atomic E-state index is 0.131. The van der Waals surface area contributed by atoms with Gasteiger partial charge in [-0.25, -0.2) is 4.98 Å². The van der Waals surface area contributed by atoms with E-state index in [9.17, 15) is 18.0 Å². The molecule has 7 nitrogen and oxygen atoms in total. The molecule has 0 atom stereocenters. The van der Waals surface area contributed by atoms with Crippen LogP contribution in [0.1, 0.15) is 44.5 Å². The van der Waals surface area contributed by atoms with Gasteiger partial charge < -0.3 is 14.3 Å². The average molecular weight is 461 g/mol. The zero-order valence-electron chi connectivity index (χ0n) is 18.7. The summed E-state index contributed by atoms with van der Waals surface area (Å²) < 4.78 is 45.3. The molecule has 1 aromatic carbocycles. The zero-order valence-corrected chi connectivity index (χ0v) is 18.7. The van der Waals surface area contributed by atoms with Crippen molar-refractivity contribution in [3.63, 3.8) is 0 Å². The maximum absolute atomic E-state index is 13.3. The number of aromatic nitrogens is 3. The molecule has 0 unspecified atom stereocenters. The molecular formula is C23H26F3N5O2. The molecular weight excluding hydrogens is 435 g/mol. The van der Waals surface area contributed by atoms with Gasteiger partial charge in [0.25, 0.3) is 5.71 Å². The Morgan fingerprint density at radius 3 is 2.52 bits per heavy atom. The molecule has 1 aliphatic rings. The second-order valence-electron chi connectivity index (χ2n) is 8.12. The first-order valence-corrected chi connectivity index (χ1v) is 11.2. The molecule has 33 heavy (non-hydrogen) atoms. The van der Waals surface area contributed by atoms with Crippen LogP contribution in [0.5, 0.6) is 0 Å². The Labute approximate surface area is 189 Å². The quantitative estimate of drug-likeness (QED) is 0.530. The molecule has 0 bridgehead atoms. The summed E-state index contributed by atoms with van der Waals surface area (Å²) in [6.07, 6.45) is -1.68. The van der Waals surface area contributed by atoms with Crippen LogP contribution in [0.25, 0.3) is 22.4 Å². The second-order valence-corrected chi connectivity index (χ2v) is 8.12. The van der Waals surface area contributed by atoms with Crippen molar-refractivity contribution in [3.8, 4) is 11.3 Å². The maximum Gasteiger partial charge on any atom is 0.416 e. The van der Waals surface area contributed by atoms with Crippen molar-refractivity contribution in [2.75, 3.05) is 31.1 Å². The molecule has 1 amide bonds. The predicted molar refractivity (Wildman–Crippen MR) is 118 cm³/mol. The monoisotopic (exact) mass is 461 g/mol. The fourth-order valence-corrected chi connectivity index (χ4v) is 4.02. The van der Waals surface area contributed by atoms with Crippen LogP contribution in [-0.2, 0) is 17.4 Å². The maximum atomic E-state index is 13.3. The second kappa shape index (κ2) is 9.36. The Kier molecular flexibility index (Phi) is 6.53. The van der Waals surface area contributed by atoms with E-state index in [4.69, 9.17) is 9.51 Å². The van der Waals surface area contributed by atoms with Gasteiger partial charge in [0, 0.05) is 44.6 Å². The third-order valence-electron chi connectivity index (χ3n) is 5.70. The van der Waals surface area contributed by atoms with Crippen LogP contribution in [-0.4, -0.2) is 52.1 Å². The minimum atomic E-state index is -4.47.